The van der Waals surface area contributed by atoms with E-state index in [1.54, 1.807) is 7.05 Å². The predicted molar refractivity (Wildman–Crippen MR) is 50.3 cm³/mol. The number of nitrogens with one attached hydrogen (secondary N) is 1. The minimum Gasteiger partial charge on any atom is -0.375 e. The third kappa shape index (κ3) is 2.00. The molecule has 0 aromatic heterocycles. The van der Waals surface area contributed by atoms with Crippen LogP contribution in [0.2, 0.25) is 0 Å². The van der Waals surface area contributed by atoms with Crippen molar-refractivity contribution in [1.29, 1.82) is 0 Å². The maximum Gasteiger partial charge on any atom is 0.237 e. The van der Waals surface area contributed by atoms with Gasteiger partial charge in [-0.2, -0.15) is 0 Å². The lowest BCUT2D eigenvalue weighted by molar-refractivity contribution is -0.138. The van der Waals surface area contributed by atoms with E-state index in [-0.39, 0.29) is 11.5 Å². The largest absolute Gasteiger partial charge is 0.375 e. The fourth-order valence-corrected chi connectivity index (χ4v) is 1.91. The standard InChI is InChI=1S/C9H18N2O2/c1-8(2)6-9(11-3,7(10)12)4-5-13-8/h11H,4-6H2,1-3H3,(H2,10,12). The Morgan fingerprint density at radius 2 is 2.15 bits per heavy atom. The lowest BCUT2D eigenvalue weighted by Gasteiger charge is -2.42. The molecule has 0 radical (unpaired) electrons. The molecule has 3 N–H and O–H groups in total. The van der Waals surface area contributed by atoms with Crippen LogP contribution >= 0.6 is 0 Å². The molecule has 1 rings (SSSR count). The molecule has 0 aromatic carbocycles. The van der Waals surface area contributed by atoms with Crippen LogP contribution in [0, 0.1) is 0 Å². The number of nitrogens with two attached hydrogens (primary N) is 1. The second-order valence-electron chi connectivity index (χ2n) is 4.23. The van der Waals surface area contributed by atoms with Crippen LogP contribution in [0.1, 0.15) is 26.7 Å². The zero-order chi connectivity index (χ0) is 10.1. The second kappa shape index (κ2) is 3.27. The van der Waals surface area contributed by atoms with E-state index in [1.807, 2.05) is 13.8 Å². The monoisotopic (exact) mass is 186 g/mol. The maximum absolute atomic E-state index is 11.3. The molecule has 4 heteroatoms. The number of carbonyl (C=O) groups excluding carboxylic acids is 1. The van der Waals surface area contributed by atoms with Crippen molar-refractivity contribution in [1.82, 2.24) is 5.32 Å². The van der Waals surface area contributed by atoms with Gasteiger partial charge < -0.3 is 15.8 Å². The quantitative estimate of drug-likeness (QED) is 0.639. The van der Waals surface area contributed by atoms with E-state index in [1.165, 1.54) is 0 Å². The van der Waals surface area contributed by atoms with E-state index < -0.39 is 5.54 Å². The van der Waals surface area contributed by atoms with Gasteiger partial charge >= 0.3 is 0 Å². The van der Waals surface area contributed by atoms with Crippen LogP contribution in [-0.2, 0) is 9.53 Å². The number of amides is 1. The highest BCUT2D eigenvalue weighted by Crippen LogP contribution is 2.31. The number of likely N-dealkylation sites (N-methyl/N-ethyl adjacent to an activating group) is 1. The van der Waals surface area contributed by atoms with E-state index >= 15 is 0 Å². The summed E-state index contributed by atoms with van der Waals surface area (Å²) in [6, 6.07) is 0. The minimum atomic E-state index is -0.582. The van der Waals surface area contributed by atoms with Gasteiger partial charge in [-0.1, -0.05) is 0 Å². The third-order valence-electron chi connectivity index (χ3n) is 2.70. The summed E-state index contributed by atoms with van der Waals surface area (Å²) in [5.41, 5.74) is 4.53. The molecule has 1 unspecified atom stereocenters. The molecule has 0 bridgehead atoms. The Hall–Kier alpha value is -0.610. The number of ether oxygens (including phenoxy) is 1. The summed E-state index contributed by atoms with van der Waals surface area (Å²) in [7, 11) is 1.77. The molecular formula is C9H18N2O2. The molecule has 0 spiro atoms. The first-order chi connectivity index (χ1) is 5.92. The topological polar surface area (TPSA) is 64.3 Å². The first kappa shape index (κ1) is 10.5. The molecule has 1 fully saturated rings. The first-order valence-corrected chi connectivity index (χ1v) is 4.55. The van der Waals surface area contributed by atoms with Crippen molar-refractivity contribution < 1.29 is 9.53 Å². The zero-order valence-corrected chi connectivity index (χ0v) is 8.52. The Bertz CT molecular complexity index is 216. The van der Waals surface area contributed by atoms with Crippen molar-refractivity contribution in [3.63, 3.8) is 0 Å². The molecule has 1 aliphatic heterocycles. The summed E-state index contributed by atoms with van der Waals surface area (Å²) in [5, 5.41) is 3.02. The molecule has 0 aliphatic carbocycles. The van der Waals surface area contributed by atoms with E-state index in [9.17, 15) is 4.79 Å². The number of rotatable bonds is 2. The number of hydrogen-bond acceptors (Lipinski definition) is 3. The van der Waals surface area contributed by atoms with Gasteiger partial charge in [0.15, 0.2) is 0 Å². The van der Waals surface area contributed by atoms with Crippen molar-refractivity contribution in [3.8, 4) is 0 Å². The third-order valence-corrected chi connectivity index (χ3v) is 2.70. The van der Waals surface area contributed by atoms with E-state index in [4.69, 9.17) is 10.5 Å². The normalized spacial score (nSPS) is 32.8. The van der Waals surface area contributed by atoms with Crippen LogP contribution in [0.3, 0.4) is 0 Å². The van der Waals surface area contributed by atoms with Gasteiger partial charge in [0.25, 0.3) is 0 Å². The summed E-state index contributed by atoms with van der Waals surface area (Å²) < 4.78 is 5.52. The fourth-order valence-electron chi connectivity index (χ4n) is 1.91. The van der Waals surface area contributed by atoms with Gasteiger partial charge in [-0.15, -0.1) is 0 Å². The first-order valence-electron chi connectivity index (χ1n) is 4.55. The van der Waals surface area contributed by atoms with Gasteiger partial charge in [-0.25, -0.2) is 0 Å². The van der Waals surface area contributed by atoms with Gasteiger partial charge in [0.1, 0.15) is 5.54 Å². The van der Waals surface area contributed by atoms with Crippen molar-refractivity contribution in [2.45, 2.75) is 37.8 Å². The highest BCUT2D eigenvalue weighted by Gasteiger charge is 2.44. The number of carbonyl (C=O) groups is 1. The van der Waals surface area contributed by atoms with Gasteiger partial charge in [-0.3, -0.25) is 4.79 Å². The summed E-state index contributed by atoms with van der Waals surface area (Å²) in [6.07, 6.45) is 1.29. The summed E-state index contributed by atoms with van der Waals surface area (Å²) >= 11 is 0. The fraction of sp³-hybridized carbons (Fsp3) is 0.889. The molecule has 4 nitrogen and oxygen atoms in total. The highest BCUT2D eigenvalue weighted by molar-refractivity contribution is 5.84. The van der Waals surface area contributed by atoms with Crippen LogP contribution in [0.15, 0.2) is 0 Å². The van der Waals surface area contributed by atoms with Crippen LogP contribution in [0.4, 0.5) is 0 Å². The molecule has 1 heterocycles. The Kier molecular flexibility index (Phi) is 2.63. The molecule has 76 valence electrons. The number of hydrogen-bond donors (Lipinski definition) is 2. The van der Waals surface area contributed by atoms with Gasteiger partial charge in [0, 0.05) is 13.0 Å². The van der Waals surface area contributed by atoms with Crippen molar-refractivity contribution in [2.75, 3.05) is 13.7 Å². The van der Waals surface area contributed by atoms with Crippen LogP contribution in [0.5, 0.6) is 0 Å². The predicted octanol–water partition coefficient (Wildman–Crippen LogP) is 0.0189. The SMILES string of the molecule is CNC1(C(N)=O)CCOC(C)(C)C1. The highest BCUT2D eigenvalue weighted by atomic mass is 16.5. The molecule has 13 heavy (non-hydrogen) atoms. The molecule has 1 saturated heterocycles. The maximum atomic E-state index is 11.3. The minimum absolute atomic E-state index is 0.268. The van der Waals surface area contributed by atoms with Crippen molar-refractivity contribution in [2.24, 2.45) is 5.73 Å². The Balaban J connectivity index is 2.82. The molecule has 1 aliphatic rings. The Morgan fingerprint density at radius 3 is 2.46 bits per heavy atom. The average Bonchev–Trinajstić information content (AvgIpc) is 2.02. The van der Waals surface area contributed by atoms with Gasteiger partial charge in [0.2, 0.25) is 5.91 Å². The van der Waals surface area contributed by atoms with Crippen molar-refractivity contribution >= 4 is 5.91 Å². The molecule has 1 atom stereocenters. The van der Waals surface area contributed by atoms with Crippen LogP contribution in [-0.4, -0.2) is 30.7 Å². The Morgan fingerprint density at radius 1 is 1.54 bits per heavy atom. The second-order valence-corrected chi connectivity index (χ2v) is 4.23. The number of primary amides is 1. The van der Waals surface area contributed by atoms with Crippen LogP contribution in [0.25, 0.3) is 0 Å². The van der Waals surface area contributed by atoms with Crippen molar-refractivity contribution in [3.05, 3.63) is 0 Å². The summed E-state index contributed by atoms with van der Waals surface area (Å²) in [5.74, 6) is -0.286. The van der Waals surface area contributed by atoms with Gasteiger partial charge in [0.05, 0.1) is 5.60 Å². The lowest BCUT2D eigenvalue weighted by Crippen LogP contribution is -2.60. The zero-order valence-electron chi connectivity index (χ0n) is 8.52. The summed E-state index contributed by atoms with van der Waals surface area (Å²) in [6.45, 7) is 4.53. The van der Waals surface area contributed by atoms with Gasteiger partial charge in [-0.05, 0) is 27.3 Å². The molecule has 1 amide bonds. The lowest BCUT2D eigenvalue weighted by atomic mass is 9.81. The smallest absolute Gasteiger partial charge is 0.237 e. The average molecular weight is 186 g/mol. The van der Waals surface area contributed by atoms with E-state index in [2.05, 4.69) is 5.32 Å². The molecule has 0 aromatic rings. The van der Waals surface area contributed by atoms with E-state index in [0.717, 1.165) is 0 Å². The molecular weight excluding hydrogens is 168 g/mol. The van der Waals surface area contributed by atoms with E-state index in [0.29, 0.717) is 19.4 Å². The molecule has 0 saturated carbocycles. The Labute approximate surface area is 78.8 Å². The van der Waals surface area contributed by atoms with Crippen LogP contribution < -0.4 is 11.1 Å². The summed E-state index contributed by atoms with van der Waals surface area (Å²) in [4.78, 5) is 11.3.